The van der Waals surface area contributed by atoms with Gasteiger partial charge in [0.25, 0.3) is 0 Å². The highest BCUT2D eigenvalue weighted by Gasteiger charge is 2.28. The molecule has 6 heteroatoms. The van der Waals surface area contributed by atoms with Gasteiger partial charge >= 0.3 is 5.97 Å². The molecule has 6 nitrogen and oxygen atoms in total. The molecule has 0 saturated heterocycles. The van der Waals surface area contributed by atoms with Gasteiger partial charge in [0.1, 0.15) is 5.75 Å². The van der Waals surface area contributed by atoms with E-state index in [0.717, 1.165) is 22.1 Å². The van der Waals surface area contributed by atoms with Crippen LogP contribution < -0.4 is 4.74 Å². The molecule has 1 heterocycles. The van der Waals surface area contributed by atoms with E-state index in [9.17, 15) is 14.4 Å². The molecule has 31 heavy (non-hydrogen) atoms. The van der Waals surface area contributed by atoms with Crippen molar-refractivity contribution in [3.05, 3.63) is 64.5 Å². The third kappa shape index (κ3) is 4.38. The van der Waals surface area contributed by atoms with Gasteiger partial charge in [0.15, 0.2) is 11.9 Å². The summed E-state index contributed by atoms with van der Waals surface area (Å²) in [6, 6.07) is 11.5. The summed E-state index contributed by atoms with van der Waals surface area (Å²) in [5.74, 6) is -0.734. The second-order valence-corrected chi connectivity index (χ2v) is 7.82. The predicted molar refractivity (Wildman–Crippen MR) is 119 cm³/mol. The van der Waals surface area contributed by atoms with Crippen molar-refractivity contribution in [2.45, 2.75) is 46.6 Å². The number of methoxy groups -OCH3 is 1. The number of aryl methyl sites for hydroxylation is 1. The Morgan fingerprint density at radius 2 is 1.61 bits per heavy atom. The molecule has 2 aromatic carbocycles. The number of esters is 1. The molecule has 0 saturated carbocycles. The summed E-state index contributed by atoms with van der Waals surface area (Å²) in [6.45, 7) is 8.22. The molecule has 0 amide bonds. The van der Waals surface area contributed by atoms with E-state index in [-0.39, 0.29) is 11.6 Å². The minimum absolute atomic E-state index is 0.113. The Morgan fingerprint density at radius 3 is 2.23 bits per heavy atom. The average Bonchev–Trinajstić information content (AvgIpc) is 3.05. The van der Waals surface area contributed by atoms with Gasteiger partial charge in [-0.1, -0.05) is 24.3 Å². The van der Waals surface area contributed by atoms with Crippen molar-refractivity contribution in [3.63, 3.8) is 0 Å². The molecule has 0 bridgehead atoms. The minimum Gasteiger partial charge on any atom is -0.497 e. The zero-order valence-electron chi connectivity index (χ0n) is 18.7. The van der Waals surface area contributed by atoms with E-state index < -0.39 is 18.0 Å². The van der Waals surface area contributed by atoms with Gasteiger partial charge in [0.2, 0.25) is 5.78 Å². The molecule has 2 atom stereocenters. The zero-order valence-corrected chi connectivity index (χ0v) is 18.7. The predicted octanol–water partition coefficient (Wildman–Crippen LogP) is 4.91. The van der Waals surface area contributed by atoms with Crippen molar-refractivity contribution in [2.75, 3.05) is 7.11 Å². The number of ketones is 2. The lowest BCUT2D eigenvalue weighted by Gasteiger charge is -2.17. The summed E-state index contributed by atoms with van der Waals surface area (Å²) in [5.41, 5.74) is 2.82. The highest BCUT2D eigenvalue weighted by molar-refractivity contribution is 6.05. The van der Waals surface area contributed by atoms with Crippen LogP contribution in [0, 0.1) is 13.8 Å². The molecule has 1 N–H and O–H groups in total. The van der Waals surface area contributed by atoms with Crippen LogP contribution in [-0.2, 0) is 9.53 Å². The first-order valence-corrected chi connectivity index (χ1v) is 10.2. The maximum atomic E-state index is 12.9. The van der Waals surface area contributed by atoms with E-state index in [1.165, 1.54) is 6.92 Å². The molecular weight excluding hydrogens is 394 g/mol. The molecule has 0 unspecified atom stereocenters. The van der Waals surface area contributed by atoms with Gasteiger partial charge in [-0.3, -0.25) is 14.4 Å². The van der Waals surface area contributed by atoms with E-state index in [1.54, 1.807) is 34.8 Å². The Bertz CT molecular complexity index is 1170. The Hall–Kier alpha value is -3.41. The van der Waals surface area contributed by atoms with Gasteiger partial charge in [-0.25, -0.2) is 0 Å². The molecule has 0 fully saturated rings. The quantitative estimate of drug-likeness (QED) is 0.433. The lowest BCUT2D eigenvalue weighted by atomic mass is 9.97. The molecule has 162 valence electrons. The van der Waals surface area contributed by atoms with Crippen molar-refractivity contribution in [1.82, 2.24) is 4.98 Å². The van der Waals surface area contributed by atoms with Crippen molar-refractivity contribution in [3.8, 4) is 5.75 Å². The smallest absolute Gasteiger partial charge is 0.313 e. The maximum Gasteiger partial charge on any atom is 0.313 e. The summed E-state index contributed by atoms with van der Waals surface area (Å²) in [6.07, 6.45) is -0.976. The van der Waals surface area contributed by atoms with Crippen LogP contribution >= 0.6 is 0 Å². The number of hydrogen-bond donors (Lipinski definition) is 1. The number of ether oxygens (including phenoxy) is 2. The Kier molecular flexibility index (Phi) is 6.29. The van der Waals surface area contributed by atoms with Crippen LogP contribution in [-0.4, -0.2) is 35.7 Å². The number of aromatic amines is 1. The number of H-pyrrole nitrogens is 1. The SMILES string of the molecule is COc1ccc2cc([C@H](C)C(=O)O[C@@H](C)C(=O)c3[nH]c(C)c(C(C)=O)c3C)ccc2c1. The second kappa shape index (κ2) is 8.76. The van der Waals surface area contributed by atoms with Gasteiger partial charge in [-0.15, -0.1) is 0 Å². The van der Waals surface area contributed by atoms with Crippen molar-refractivity contribution >= 4 is 28.3 Å². The van der Waals surface area contributed by atoms with Gasteiger partial charge in [0.05, 0.1) is 18.7 Å². The molecule has 3 rings (SSSR count). The molecule has 0 radical (unpaired) electrons. The normalized spacial score (nSPS) is 13.0. The molecule has 0 aliphatic heterocycles. The number of carbonyl (C=O) groups is 3. The van der Waals surface area contributed by atoms with E-state index >= 15 is 0 Å². The molecular formula is C25H27NO5. The lowest BCUT2D eigenvalue weighted by molar-refractivity contribution is -0.147. The van der Waals surface area contributed by atoms with Crippen LogP contribution in [0.3, 0.4) is 0 Å². The summed E-state index contributed by atoms with van der Waals surface area (Å²) >= 11 is 0. The number of benzene rings is 2. The van der Waals surface area contributed by atoms with Crippen molar-refractivity contribution in [2.24, 2.45) is 0 Å². The number of fused-ring (bicyclic) bond motifs is 1. The number of hydrogen-bond acceptors (Lipinski definition) is 5. The van der Waals surface area contributed by atoms with Gasteiger partial charge in [-0.05, 0) is 68.7 Å². The largest absolute Gasteiger partial charge is 0.497 e. The van der Waals surface area contributed by atoms with Crippen LogP contribution in [0.4, 0.5) is 0 Å². The summed E-state index contributed by atoms with van der Waals surface area (Å²) in [4.78, 5) is 40.4. The summed E-state index contributed by atoms with van der Waals surface area (Å²) in [5, 5.41) is 1.99. The van der Waals surface area contributed by atoms with Crippen molar-refractivity contribution in [1.29, 1.82) is 0 Å². The van der Waals surface area contributed by atoms with E-state index in [2.05, 4.69) is 4.98 Å². The van der Waals surface area contributed by atoms with Crippen molar-refractivity contribution < 1.29 is 23.9 Å². The first kappa shape index (κ1) is 22.3. The number of rotatable bonds is 7. The Morgan fingerprint density at radius 1 is 0.968 bits per heavy atom. The number of nitrogens with one attached hydrogen (secondary N) is 1. The van der Waals surface area contributed by atoms with Crippen LogP contribution in [0.1, 0.15) is 64.4 Å². The van der Waals surface area contributed by atoms with E-state index in [0.29, 0.717) is 22.5 Å². The third-order valence-electron chi connectivity index (χ3n) is 5.62. The minimum atomic E-state index is -0.976. The third-order valence-corrected chi connectivity index (χ3v) is 5.62. The summed E-state index contributed by atoms with van der Waals surface area (Å²) < 4.78 is 10.7. The molecule has 1 aromatic heterocycles. The van der Waals surface area contributed by atoms with Crippen LogP contribution in [0.15, 0.2) is 36.4 Å². The van der Waals surface area contributed by atoms with E-state index in [1.807, 2.05) is 36.4 Å². The highest BCUT2D eigenvalue weighted by Crippen LogP contribution is 2.26. The Balaban J connectivity index is 1.76. The standard InChI is InChI=1S/C25H27NO5/c1-13(18-7-8-20-12-21(30-6)10-9-19(20)11-18)25(29)31-17(5)24(28)23-14(2)22(16(4)27)15(3)26-23/h7-13,17,26H,1-6H3/t13-,17-/m0/s1. The number of aromatic nitrogens is 1. The lowest BCUT2D eigenvalue weighted by Crippen LogP contribution is -2.27. The number of carbonyl (C=O) groups excluding carboxylic acids is 3. The zero-order chi connectivity index (χ0) is 22.9. The number of Topliss-reactive ketones (excluding diaryl/α,β-unsaturated/α-hetero) is 2. The monoisotopic (exact) mass is 421 g/mol. The fourth-order valence-corrected chi connectivity index (χ4v) is 3.83. The highest BCUT2D eigenvalue weighted by atomic mass is 16.5. The second-order valence-electron chi connectivity index (χ2n) is 7.82. The average molecular weight is 421 g/mol. The first-order chi connectivity index (χ1) is 14.6. The van der Waals surface area contributed by atoms with Crippen LogP contribution in [0.2, 0.25) is 0 Å². The van der Waals surface area contributed by atoms with Gasteiger partial charge < -0.3 is 14.5 Å². The van der Waals surface area contributed by atoms with Crippen LogP contribution in [0.25, 0.3) is 10.8 Å². The van der Waals surface area contributed by atoms with E-state index in [4.69, 9.17) is 9.47 Å². The Labute approximate surface area is 181 Å². The first-order valence-electron chi connectivity index (χ1n) is 10.2. The molecule has 3 aromatic rings. The van der Waals surface area contributed by atoms with Crippen LogP contribution in [0.5, 0.6) is 5.75 Å². The fourth-order valence-electron chi connectivity index (χ4n) is 3.83. The maximum absolute atomic E-state index is 12.9. The molecule has 0 spiro atoms. The molecule has 0 aliphatic carbocycles. The van der Waals surface area contributed by atoms with Gasteiger partial charge in [0, 0.05) is 11.3 Å². The molecule has 0 aliphatic rings. The summed E-state index contributed by atoms with van der Waals surface area (Å²) in [7, 11) is 1.62. The fraction of sp³-hybridized carbons (Fsp3) is 0.320. The topological polar surface area (TPSA) is 85.5 Å². The van der Waals surface area contributed by atoms with Gasteiger partial charge in [-0.2, -0.15) is 0 Å².